The Morgan fingerprint density at radius 2 is 1.82 bits per heavy atom. The van der Waals surface area contributed by atoms with Gasteiger partial charge in [0, 0.05) is 28.1 Å². The molecule has 1 fully saturated rings. The fraction of sp³-hybridized carbons (Fsp3) is 0.231. The Labute approximate surface area is 201 Å². The van der Waals surface area contributed by atoms with E-state index in [0.29, 0.717) is 27.7 Å². The molecule has 0 saturated carbocycles. The minimum atomic E-state index is -1.21. The lowest BCUT2D eigenvalue weighted by Crippen LogP contribution is -2.57. The zero-order valence-corrected chi connectivity index (χ0v) is 19.3. The Morgan fingerprint density at radius 1 is 1.03 bits per heavy atom. The second-order valence-electron chi connectivity index (χ2n) is 8.52. The molecule has 2 N–H and O–H groups in total. The van der Waals surface area contributed by atoms with E-state index in [0.717, 1.165) is 16.7 Å². The van der Waals surface area contributed by atoms with Gasteiger partial charge in [-0.1, -0.05) is 54.4 Å². The van der Waals surface area contributed by atoms with Gasteiger partial charge in [-0.3, -0.25) is 9.59 Å². The van der Waals surface area contributed by atoms with Gasteiger partial charge in [0.1, 0.15) is 11.2 Å². The Bertz CT molecular complexity index is 1300. The van der Waals surface area contributed by atoms with Crippen molar-refractivity contribution >= 4 is 40.7 Å². The second-order valence-corrected chi connectivity index (χ2v) is 9.39. The molecule has 5 rings (SSSR count). The monoisotopic (exact) mass is 482 g/mol. The Morgan fingerprint density at radius 3 is 2.58 bits per heavy atom. The molecule has 0 unspecified atom stereocenters. The first-order chi connectivity index (χ1) is 15.8. The Balaban J connectivity index is 1.84. The highest BCUT2D eigenvalue weighted by molar-refractivity contribution is 6.31. The summed E-state index contributed by atoms with van der Waals surface area (Å²) < 4.78 is 14.5. The molecule has 0 bridgehead atoms. The molecule has 7 heteroatoms. The van der Waals surface area contributed by atoms with Crippen LogP contribution in [0.4, 0.5) is 10.1 Å². The number of hydrogen-bond acceptors (Lipinski definition) is 2. The topological polar surface area (TPSA) is 58.2 Å². The highest BCUT2D eigenvalue weighted by Gasteiger charge is 2.61. The van der Waals surface area contributed by atoms with Crippen molar-refractivity contribution in [1.82, 2.24) is 5.32 Å². The number of fused-ring (bicyclic) bond motifs is 2. The predicted octanol–water partition coefficient (Wildman–Crippen LogP) is 5.93. The van der Waals surface area contributed by atoms with Crippen molar-refractivity contribution in [3.8, 4) is 0 Å². The quantitative estimate of drug-likeness (QED) is 0.485. The highest BCUT2D eigenvalue weighted by atomic mass is 35.5. The Hall–Kier alpha value is -2.89. The maximum Gasteiger partial charge on any atom is 0.238 e. The van der Waals surface area contributed by atoms with Crippen molar-refractivity contribution < 1.29 is 14.0 Å². The third kappa shape index (κ3) is 3.42. The summed E-state index contributed by atoms with van der Waals surface area (Å²) in [6.45, 7) is 1.96. The van der Waals surface area contributed by atoms with E-state index in [1.54, 1.807) is 30.3 Å². The summed E-state index contributed by atoms with van der Waals surface area (Å²) in [5, 5.41) is 7.02. The summed E-state index contributed by atoms with van der Waals surface area (Å²) in [7, 11) is 0. The molecular formula is C26H21Cl2FN2O2. The number of rotatable bonds is 3. The molecule has 1 saturated heterocycles. The largest absolute Gasteiger partial charge is 0.348 e. The van der Waals surface area contributed by atoms with Crippen molar-refractivity contribution in [1.29, 1.82) is 0 Å². The molecule has 0 aliphatic carbocycles. The molecule has 2 heterocycles. The minimum absolute atomic E-state index is 0.0864. The molecule has 3 aromatic carbocycles. The van der Waals surface area contributed by atoms with Gasteiger partial charge in [0.25, 0.3) is 0 Å². The molecule has 0 radical (unpaired) electrons. The summed E-state index contributed by atoms with van der Waals surface area (Å²) in [5.41, 5.74) is 2.33. The van der Waals surface area contributed by atoms with Crippen molar-refractivity contribution in [2.24, 2.45) is 0 Å². The molecule has 168 valence electrons. The molecular weight excluding hydrogens is 462 g/mol. The average Bonchev–Trinajstić information content (AvgIpc) is 3.06. The lowest BCUT2D eigenvalue weighted by atomic mass is 9.59. The number of piperidine rings is 1. The molecule has 3 atom stereocenters. The van der Waals surface area contributed by atoms with Gasteiger partial charge in [-0.25, -0.2) is 4.39 Å². The van der Waals surface area contributed by atoms with E-state index in [4.69, 9.17) is 23.2 Å². The van der Waals surface area contributed by atoms with Gasteiger partial charge in [0.05, 0.1) is 6.04 Å². The maximum absolute atomic E-state index is 14.5. The van der Waals surface area contributed by atoms with Crippen LogP contribution in [0, 0.1) is 5.82 Å². The van der Waals surface area contributed by atoms with E-state index in [1.807, 2.05) is 25.1 Å². The van der Waals surface area contributed by atoms with E-state index in [9.17, 15) is 14.0 Å². The zero-order valence-electron chi connectivity index (χ0n) is 17.8. The molecule has 3 aromatic rings. The van der Waals surface area contributed by atoms with Gasteiger partial charge in [-0.15, -0.1) is 0 Å². The van der Waals surface area contributed by atoms with Gasteiger partial charge >= 0.3 is 0 Å². The van der Waals surface area contributed by atoms with Crippen molar-refractivity contribution in [3.05, 3.63) is 98.8 Å². The molecule has 0 aromatic heterocycles. The van der Waals surface area contributed by atoms with E-state index in [2.05, 4.69) is 10.6 Å². The number of aryl methyl sites for hydroxylation is 1. The normalized spacial score (nSPS) is 23.9. The van der Waals surface area contributed by atoms with Crippen molar-refractivity contribution in [3.63, 3.8) is 0 Å². The first kappa shape index (κ1) is 21.9. The number of benzene rings is 3. The standard InChI is InChI=1S/C26H21Cl2FN2O2/c1-2-14-6-8-18(29)12-19(14)24-26(20-9-7-17(28)11-22(20)30-25(26)33)21(13-23(32)31-24)15-4-3-5-16(27)10-15/h3-12,21,24H,2,13H2,1H3,(H,30,33)(H,31,32)/t21-,24+,26-/m0/s1. The van der Waals surface area contributed by atoms with E-state index < -0.39 is 23.2 Å². The van der Waals surface area contributed by atoms with E-state index in [1.165, 1.54) is 12.1 Å². The number of halogens is 3. The van der Waals surface area contributed by atoms with Crippen LogP contribution in [0.1, 0.15) is 47.6 Å². The van der Waals surface area contributed by atoms with Gasteiger partial charge in [0.2, 0.25) is 11.8 Å². The van der Waals surface area contributed by atoms with E-state index >= 15 is 0 Å². The van der Waals surface area contributed by atoms with Crippen LogP contribution in [0.25, 0.3) is 0 Å². The number of amides is 2. The summed E-state index contributed by atoms with van der Waals surface area (Å²) in [4.78, 5) is 27.0. The fourth-order valence-electron chi connectivity index (χ4n) is 5.43. The predicted molar refractivity (Wildman–Crippen MR) is 127 cm³/mol. The molecule has 2 aliphatic rings. The number of anilines is 1. The first-order valence-corrected chi connectivity index (χ1v) is 11.5. The lowest BCUT2D eigenvalue weighted by Gasteiger charge is -2.47. The first-order valence-electron chi connectivity index (χ1n) is 10.8. The number of carbonyl (C=O) groups excluding carboxylic acids is 2. The van der Waals surface area contributed by atoms with Gasteiger partial charge < -0.3 is 10.6 Å². The summed E-state index contributed by atoms with van der Waals surface area (Å²) in [6.07, 6.45) is 0.706. The number of nitrogens with one attached hydrogen (secondary N) is 2. The van der Waals surface area contributed by atoms with Crippen LogP contribution in [0.3, 0.4) is 0 Å². The van der Waals surface area contributed by atoms with Crippen LogP contribution in [0.2, 0.25) is 10.0 Å². The molecule has 33 heavy (non-hydrogen) atoms. The van der Waals surface area contributed by atoms with Gasteiger partial charge in [-0.05, 0) is 65.1 Å². The summed E-state index contributed by atoms with van der Waals surface area (Å²) in [6, 6.07) is 16.2. The Kier molecular flexibility index (Phi) is 5.42. The molecule has 4 nitrogen and oxygen atoms in total. The van der Waals surface area contributed by atoms with Crippen molar-refractivity contribution in [2.45, 2.75) is 37.1 Å². The van der Waals surface area contributed by atoms with Gasteiger partial charge in [-0.2, -0.15) is 0 Å². The van der Waals surface area contributed by atoms with Crippen LogP contribution in [-0.2, 0) is 21.4 Å². The molecule has 2 amide bonds. The summed E-state index contributed by atoms with van der Waals surface area (Å²) >= 11 is 12.5. The van der Waals surface area contributed by atoms with Gasteiger partial charge in [0.15, 0.2) is 0 Å². The third-order valence-electron chi connectivity index (χ3n) is 6.80. The number of hydrogen-bond donors (Lipinski definition) is 2. The second kappa shape index (κ2) is 8.15. The number of carbonyl (C=O) groups is 2. The summed E-state index contributed by atoms with van der Waals surface area (Å²) in [5.74, 6) is -1.42. The zero-order chi connectivity index (χ0) is 23.3. The SMILES string of the molecule is CCc1ccc(F)cc1[C@H]1NC(=O)C[C@@H](c2cccc(Cl)c2)[C@]12C(=O)Nc1cc(Cl)ccc12. The van der Waals surface area contributed by atoms with Crippen LogP contribution >= 0.6 is 23.2 Å². The minimum Gasteiger partial charge on any atom is -0.348 e. The molecule has 1 spiro atoms. The maximum atomic E-state index is 14.5. The van der Waals surface area contributed by atoms with Crippen LogP contribution < -0.4 is 10.6 Å². The average molecular weight is 483 g/mol. The van der Waals surface area contributed by atoms with Crippen LogP contribution in [0.5, 0.6) is 0 Å². The van der Waals surface area contributed by atoms with Crippen LogP contribution in [-0.4, -0.2) is 11.8 Å². The smallest absolute Gasteiger partial charge is 0.238 e. The fourth-order valence-corrected chi connectivity index (χ4v) is 5.80. The van der Waals surface area contributed by atoms with Crippen molar-refractivity contribution in [2.75, 3.05) is 5.32 Å². The molecule has 2 aliphatic heterocycles. The van der Waals surface area contributed by atoms with Crippen LogP contribution in [0.15, 0.2) is 60.7 Å². The highest BCUT2D eigenvalue weighted by Crippen LogP contribution is 2.58. The third-order valence-corrected chi connectivity index (χ3v) is 7.27. The van der Waals surface area contributed by atoms with E-state index in [-0.39, 0.29) is 18.2 Å². The lowest BCUT2D eigenvalue weighted by molar-refractivity contribution is -0.131.